The molecule has 2 aliphatic heterocycles. The van der Waals surface area contributed by atoms with Crippen molar-refractivity contribution in [2.24, 2.45) is 5.92 Å². The number of carbonyl (C=O) groups is 2. The predicted molar refractivity (Wildman–Crippen MR) is 404 cm³/mol. The number of benzene rings is 3. The van der Waals surface area contributed by atoms with E-state index in [0.29, 0.717) is 46.9 Å². The molecule has 9 aromatic heterocycles. The maximum absolute atomic E-state index is 12.8. The van der Waals surface area contributed by atoms with Gasteiger partial charge in [0.2, 0.25) is 57.9 Å². The number of Topliss-reactive ketones (excluding diaryl/α,β-unsaturated/α-hetero) is 2. The van der Waals surface area contributed by atoms with Gasteiger partial charge in [-0.2, -0.15) is 37.4 Å². The fourth-order valence-electron chi connectivity index (χ4n) is 10.7. The van der Waals surface area contributed by atoms with E-state index >= 15 is 0 Å². The first-order chi connectivity index (χ1) is 50.7. The summed E-state index contributed by atoms with van der Waals surface area (Å²) in [6.07, 6.45) is 30.7. The molecule has 0 radical (unpaired) electrons. The van der Waals surface area contributed by atoms with E-state index in [0.717, 1.165) is 122 Å². The molecule has 11 heterocycles. The van der Waals surface area contributed by atoms with E-state index in [1.807, 2.05) is 110 Å². The minimum Gasteiger partial charge on any atom is -0.454 e. The first-order valence-corrected chi connectivity index (χ1v) is 37.3. The third-order valence-electron chi connectivity index (χ3n) is 16.7. The molecule has 0 saturated heterocycles. The van der Waals surface area contributed by atoms with Crippen LogP contribution < -0.4 is 50.0 Å². The van der Waals surface area contributed by atoms with Crippen LogP contribution in [-0.4, -0.2) is 158 Å². The maximum atomic E-state index is 12.8. The molecule has 0 unspecified atom stereocenters. The zero-order chi connectivity index (χ0) is 72.4. The Balaban J connectivity index is 0.000000139. The molecule has 0 fully saturated rings. The molecule has 0 saturated carbocycles. The minimum absolute atomic E-state index is 0.147. The second-order valence-electron chi connectivity index (χ2n) is 24.9. The van der Waals surface area contributed by atoms with E-state index in [4.69, 9.17) is 18.9 Å². The van der Waals surface area contributed by atoms with Crippen molar-refractivity contribution < 1.29 is 28.5 Å². The average molecular weight is 1480 g/mol. The number of fused-ring (bicyclic) bond motifs is 2. The van der Waals surface area contributed by atoms with Crippen LogP contribution in [0, 0.1) is 19.8 Å². The molecular weight excluding hydrogens is 1400 g/mol. The number of ketones is 2. The van der Waals surface area contributed by atoms with Crippen LogP contribution >= 0.6 is 46.1 Å². The Bertz CT molecular complexity index is 4530. The average Bonchev–Trinajstić information content (AvgIpc) is 1.72. The first-order valence-electron chi connectivity index (χ1n) is 34.2. The zero-order valence-corrected chi connectivity index (χ0v) is 62.3. The van der Waals surface area contributed by atoms with Gasteiger partial charge in [0.05, 0.1) is 12.1 Å². The summed E-state index contributed by atoms with van der Waals surface area (Å²) >= 11 is 5.29. The lowest BCUT2D eigenvalue weighted by Crippen LogP contribution is -2.34. The summed E-state index contributed by atoms with van der Waals surface area (Å²) in [5.41, 5.74) is 7.57. The van der Waals surface area contributed by atoms with Crippen molar-refractivity contribution in [2.75, 3.05) is 74.3 Å². The number of aryl methyl sites for hydroxylation is 4. The molecule has 2 atom stereocenters. The Morgan fingerprint density at radius 3 is 1.38 bits per heavy atom. The third-order valence-corrected chi connectivity index (χ3v) is 19.6. The summed E-state index contributed by atoms with van der Waals surface area (Å²) in [7, 11) is 4.10. The quantitative estimate of drug-likeness (QED) is 0.0278. The number of hydrogen-bond acceptors (Lipinski definition) is 29. The molecule has 3 aromatic carbocycles. The van der Waals surface area contributed by atoms with Gasteiger partial charge in [-0.05, 0) is 148 Å². The fraction of sp³-hybridized carbons (Fsp3) is 0.366. The molecule has 2 aliphatic rings. The Morgan fingerprint density at radius 2 is 0.913 bits per heavy atom. The number of ether oxygens (including phenoxy) is 4. The number of pyridine rings is 1. The standard InChI is InChI=1S/C20H23N5O3S.C18H24N6S.C18H19N5O3S.C15H19N7S/c1-13(2)18(22-20-23-19(24-29-20)25-9-8-21-11-25)15(26)5-3-4-14-6-7-16-17(10-14)28-12-27-16;1-14-5-6-16(11-15(14)2)12-19-7-4-9-23(3)18-21-17(22-25-18)24-10-8-20-13-24;1-12(20-18-21-17(22-27-18)23-8-7-19-10-23)14(24)4-2-3-13-5-6-15-16(9-13)26-11-25-15;1-21(9-2-5-17-11-13-3-6-16-7-4-13)15-19-14(20-23-15)22-10-8-18-12-22/h6-11,13,18H,3-5,12H2,1-2H3,(H,22,23,24);5-6,8,10-11,13,19H,4,7,9,12H2,1-3H3;5-10,12H,2-4,11H2,1H3,(H,20,21,22);3-4,6-8,10,12,17H,2,5,9,11H2,1H3/t18-;;12-;/m0.0./s1. The summed E-state index contributed by atoms with van der Waals surface area (Å²) in [5, 5.41) is 16.5. The number of nitrogens with zero attached hydrogens (tertiary/aromatic N) is 19. The topological polar surface area (TPSA) is 313 Å². The smallest absolute Gasteiger partial charge is 0.248 e. The van der Waals surface area contributed by atoms with Crippen molar-refractivity contribution in [2.45, 2.75) is 111 Å². The second kappa shape index (κ2) is 38.2. The van der Waals surface area contributed by atoms with Gasteiger partial charge in [-0.3, -0.25) is 32.8 Å². The van der Waals surface area contributed by atoms with E-state index in [2.05, 4.69) is 133 Å². The van der Waals surface area contributed by atoms with Crippen molar-refractivity contribution in [3.05, 3.63) is 187 Å². The number of aromatic nitrogens is 17. The highest BCUT2D eigenvalue weighted by molar-refractivity contribution is 7.10. The lowest BCUT2D eigenvalue weighted by molar-refractivity contribution is -0.121. The minimum atomic E-state index is -0.314. The predicted octanol–water partition coefficient (Wildman–Crippen LogP) is 11.0. The van der Waals surface area contributed by atoms with Gasteiger partial charge in [0, 0.05) is 161 Å². The van der Waals surface area contributed by atoms with Crippen LogP contribution in [0.2, 0.25) is 0 Å². The highest BCUT2D eigenvalue weighted by Gasteiger charge is 2.24. The van der Waals surface area contributed by atoms with Crippen molar-refractivity contribution in [1.82, 2.24) is 91.3 Å². The fourth-order valence-corrected chi connectivity index (χ4v) is 13.2. The van der Waals surface area contributed by atoms with Crippen molar-refractivity contribution in [3.8, 4) is 46.8 Å². The molecule has 0 amide bonds. The Morgan fingerprint density at radius 1 is 0.471 bits per heavy atom. The summed E-state index contributed by atoms with van der Waals surface area (Å²) in [5.74, 6) is 6.03. The van der Waals surface area contributed by atoms with Crippen LogP contribution in [0.4, 0.5) is 20.5 Å². The maximum Gasteiger partial charge on any atom is 0.248 e. The van der Waals surface area contributed by atoms with Gasteiger partial charge < -0.3 is 50.0 Å². The lowest BCUT2D eigenvalue weighted by Gasteiger charge is -2.20. The Labute approximate surface area is 619 Å². The summed E-state index contributed by atoms with van der Waals surface area (Å²) in [6.45, 7) is 16.4. The van der Waals surface area contributed by atoms with Gasteiger partial charge >= 0.3 is 0 Å². The molecule has 0 aliphatic carbocycles. The molecule has 29 nitrogen and oxygen atoms in total. The van der Waals surface area contributed by atoms with Gasteiger partial charge in [-0.1, -0.05) is 44.2 Å². The molecule has 544 valence electrons. The highest BCUT2D eigenvalue weighted by atomic mass is 32.1. The van der Waals surface area contributed by atoms with E-state index in [1.54, 1.807) is 71.6 Å². The Kier molecular flexibility index (Phi) is 27.4. The van der Waals surface area contributed by atoms with Gasteiger partial charge in [0.15, 0.2) is 34.6 Å². The van der Waals surface area contributed by atoms with Gasteiger partial charge in [0.25, 0.3) is 0 Å². The molecule has 0 bridgehead atoms. The van der Waals surface area contributed by atoms with Crippen molar-refractivity contribution in [1.29, 1.82) is 0 Å². The molecular formula is C71H85N23O6S4. The molecule has 14 rings (SSSR count). The molecule has 104 heavy (non-hydrogen) atoms. The number of hydrogen-bond donors (Lipinski definition) is 4. The van der Waals surface area contributed by atoms with Crippen LogP contribution in [0.1, 0.15) is 92.7 Å². The van der Waals surface area contributed by atoms with E-state index in [9.17, 15) is 9.59 Å². The van der Waals surface area contributed by atoms with E-state index in [1.165, 1.54) is 68.4 Å². The molecule has 12 aromatic rings. The number of nitrogens with one attached hydrogen (secondary N) is 4. The van der Waals surface area contributed by atoms with Crippen LogP contribution in [-0.2, 0) is 35.5 Å². The van der Waals surface area contributed by atoms with Crippen LogP contribution in [0.15, 0.2) is 154 Å². The largest absolute Gasteiger partial charge is 0.454 e. The monoisotopic (exact) mass is 1480 g/mol. The first kappa shape index (κ1) is 74.7. The van der Waals surface area contributed by atoms with Crippen LogP contribution in [0.3, 0.4) is 0 Å². The second-order valence-corrected chi connectivity index (χ2v) is 27.8. The third kappa shape index (κ3) is 22.0. The number of carbonyl (C=O) groups excluding carboxylic acids is 2. The molecule has 4 N–H and O–H groups in total. The number of anilines is 4. The van der Waals surface area contributed by atoms with Crippen LogP contribution in [0.5, 0.6) is 23.0 Å². The van der Waals surface area contributed by atoms with Gasteiger partial charge in [0.1, 0.15) is 25.3 Å². The SMILES string of the molecule is CC(C)[C@H](Nc1nc(-n2ccnc2)ns1)C(=O)CCCc1ccc2c(c1)OCO2.CN(CCCNCc1ccncc1)c1nc(-n2ccnc2)ns1.C[C@H](Nc1nc(-n2ccnc2)ns1)C(=O)CCCc1ccc2c(c1)OCO2.Cc1ccc(CNCCCN(C)c2nc(-n3ccnc3)ns2)cc1C. The zero-order valence-electron chi connectivity index (χ0n) is 59.1. The van der Waals surface area contributed by atoms with Crippen molar-refractivity contribution in [3.63, 3.8) is 0 Å². The molecule has 0 spiro atoms. The number of rotatable bonds is 33. The van der Waals surface area contributed by atoms with Gasteiger partial charge in [-0.25, -0.2) is 19.9 Å². The van der Waals surface area contributed by atoms with Gasteiger partial charge in [-0.15, -0.1) is 0 Å². The van der Waals surface area contributed by atoms with E-state index in [-0.39, 0.29) is 43.2 Å². The Hall–Kier alpha value is -10.5. The normalized spacial score (nSPS) is 12.3. The summed E-state index contributed by atoms with van der Waals surface area (Å²) in [4.78, 5) is 67.5. The lowest BCUT2D eigenvalue weighted by atomic mass is 9.95. The summed E-state index contributed by atoms with van der Waals surface area (Å²) < 4.78 is 45.8. The van der Waals surface area contributed by atoms with E-state index < -0.39 is 0 Å². The number of imidazole rings is 4. The highest BCUT2D eigenvalue weighted by Crippen LogP contribution is 2.34. The summed E-state index contributed by atoms with van der Waals surface area (Å²) in [6, 6.07) is 21.9. The van der Waals surface area contributed by atoms with Crippen molar-refractivity contribution >= 4 is 78.2 Å². The van der Waals surface area contributed by atoms with Crippen LogP contribution in [0.25, 0.3) is 23.8 Å². The molecule has 33 heteroatoms.